The lowest BCUT2D eigenvalue weighted by Crippen LogP contribution is -2.47. The van der Waals surface area contributed by atoms with Gasteiger partial charge in [0.05, 0.1) is 0 Å². The molecule has 3 aliphatic rings. The molecule has 1 aromatic heterocycles. The minimum absolute atomic E-state index is 0.619. The van der Waals surface area contributed by atoms with Crippen molar-refractivity contribution in [2.75, 3.05) is 25.0 Å². The summed E-state index contributed by atoms with van der Waals surface area (Å²) in [6.45, 7) is 4.04. The lowest BCUT2D eigenvalue weighted by atomic mass is 9.65. The van der Waals surface area contributed by atoms with Gasteiger partial charge in [-0.2, -0.15) is 0 Å². The summed E-state index contributed by atoms with van der Waals surface area (Å²) >= 11 is 0. The van der Waals surface area contributed by atoms with E-state index in [0.717, 1.165) is 11.7 Å². The van der Waals surface area contributed by atoms with E-state index in [-0.39, 0.29) is 0 Å². The molecule has 3 fully saturated rings. The Morgan fingerprint density at radius 2 is 2.25 bits per heavy atom. The molecule has 2 aliphatic carbocycles. The Labute approximate surface area is 121 Å². The Balaban J connectivity index is 1.26. The van der Waals surface area contributed by atoms with E-state index in [1.807, 2.05) is 6.07 Å². The summed E-state index contributed by atoms with van der Waals surface area (Å²) in [5.74, 6) is 1.99. The quantitative estimate of drug-likeness (QED) is 0.914. The van der Waals surface area contributed by atoms with Gasteiger partial charge in [-0.05, 0) is 56.0 Å². The molecule has 0 amide bonds. The van der Waals surface area contributed by atoms with Crippen LogP contribution in [0.4, 0.5) is 5.82 Å². The summed E-state index contributed by atoms with van der Waals surface area (Å²) in [5, 5.41) is 3.54. The van der Waals surface area contributed by atoms with Gasteiger partial charge in [0.15, 0.2) is 0 Å². The summed E-state index contributed by atoms with van der Waals surface area (Å²) in [6, 6.07) is 2.58. The van der Waals surface area contributed by atoms with Crippen LogP contribution in [0.1, 0.15) is 38.5 Å². The summed E-state index contributed by atoms with van der Waals surface area (Å²) in [4.78, 5) is 10.9. The van der Waals surface area contributed by atoms with Crippen LogP contribution in [0.5, 0.6) is 0 Å². The number of nitrogens with zero attached hydrogens (tertiary/aromatic N) is 3. The monoisotopic (exact) mass is 272 g/mol. The fourth-order valence-electron chi connectivity index (χ4n) is 4.23. The van der Waals surface area contributed by atoms with Gasteiger partial charge in [-0.3, -0.25) is 0 Å². The third-order valence-corrected chi connectivity index (χ3v) is 5.55. The van der Waals surface area contributed by atoms with Crippen LogP contribution in [0.25, 0.3) is 0 Å². The van der Waals surface area contributed by atoms with Crippen molar-refractivity contribution in [3.8, 4) is 0 Å². The molecule has 2 saturated carbocycles. The third-order valence-electron chi connectivity index (χ3n) is 5.55. The molecule has 0 radical (unpaired) electrons. The maximum absolute atomic E-state index is 4.26. The average Bonchev–Trinajstić information content (AvgIpc) is 2.79. The van der Waals surface area contributed by atoms with E-state index in [1.54, 1.807) is 12.5 Å². The second kappa shape index (κ2) is 4.99. The number of anilines is 1. The Morgan fingerprint density at radius 1 is 1.35 bits per heavy atom. The molecular formula is C16H24N4. The van der Waals surface area contributed by atoms with Crippen molar-refractivity contribution in [1.82, 2.24) is 14.9 Å². The van der Waals surface area contributed by atoms with E-state index in [4.69, 9.17) is 0 Å². The molecule has 0 aromatic carbocycles. The topological polar surface area (TPSA) is 41.0 Å². The Hall–Kier alpha value is -1.16. The largest absolute Gasteiger partial charge is 0.367 e. The number of aromatic nitrogens is 2. The first-order valence-corrected chi connectivity index (χ1v) is 8.06. The third kappa shape index (κ3) is 2.41. The molecule has 2 heterocycles. The van der Waals surface area contributed by atoms with Crippen LogP contribution in [0.3, 0.4) is 0 Å². The van der Waals surface area contributed by atoms with Crippen LogP contribution in [-0.2, 0) is 0 Å². The van der Waals surface area contributed by atoms with Gasteiger partial charge < -0.3 is 10.2 Å². The lowest BCUT2D eigenvalue weighted by molar-refractivity contribution is 0.110. The molecule has 20 heavy (non-hydrogen) atoms. The Kier molecular flexibility index (Phi) is 3.14. The van der Waals surface area contributed by atoms with Crippen molar-refractivity contribution in [2.24, 2.45) is 11.3 Å². The van der Waals surface area contributed by atoms with Crippen molar-refractivity contribution < 1.29 is 0 Å². The van der Waals surface area contributed by atoms with E-state index < -0.39 is 0 Å². The van der Waals surface area contributed by atoms with Gasteiger partial charge in [-0.1, -0.05) is 6.42 Å². The molecule has 0 atom stereocenters. The van der Waals surface area contributed by atoms with E-state index in [2.05, 4.69) is 20.2 Å². The predicted octanol–water partition coefficient (Wildman–Crippen LogP) is 2.54. The molecule has 1 saturated heterocycles. The standard InChI is InChI=1S/C16H24N4/c1-2-13(3-1)10-20-7-5-16(11-20)8-14(9-16)19-15-4-6-17-12-18-15/h4,6,12-14H,1-3,5,7-11H2,(H,17,18,19). The zero-order valence-electron chi connectivity index (χ0n) is 12.1. The molecule has 1 N–H and O–H groups in total. The van der Waals surface area contributed by atoms with Crippen LogP contribution in [0.15, 0.2) is 18.6 Å². The molecule has 1 spiro atoms. The highest BCUT2D eigenvalue weighted by Gasteiger charge is 2.48. The smallest absolute Gasteiger partial charge is 0.129 e. The van der Waals surface area contributed by atoms with Gasteiger partial charge >= 0.3 is 0 Å². The Bertz CT molecular complexity index is 451. The average molecular weight is 272 g/mol. The van der Waals surface area contributed by atoms with Crippen molar-refractivity contribution in [3.05, 3.63) is 18.6 Å². The number of likely N-dealkylation sites (tertiary alicyclic amines) is 1. The number of hydrogen-bond acceptors (Lipinski definition) is 4. The highest BCUT2D eigenvalue weighted by Crippen LogP contribution is 2.49. The SMILES string of the molecule is c1cc(NC2CC3(CCN(CC4CCC4)C3)C2)ncn1. The van der Waals surface area contributed by atoms with Crippen LogP contribution < -0.4 is 5.32 Å². The van der Waals surface area contributed by atoms with E-state index in [1.165, 1.54) is 58.2 Å². The molecule has 0 bridgehead atoms. The van der Waals surface area contributed by atoms with Crippen molar-refractivity contribution in [1.29, 1.82) is 0 Å². The van der Waals surface area contributed by atoms with E-state index in [9.17, 15) is 0 Å². The summed E-state index contributed by atoms with van der Waals surface area (Å²) in [5.41, 5.74) is 0.619. The van der Waals surface area contributed by atoms with Gasteiger partial charge in [-0.25, -0.2) is 9.97 Å². The first kappa shape index (κ1) is 12.6. The minimum atomic E-state index is 0.619. The summed E-state index contributed by atoms with van der Waals surface area (Å²) in [6.07, 6.45) is 11.9. The van der Waals surface area contributed by atoms with Gasteiger partial charge in [0, 0.05) is 25.3 Å². The van der Waals surface area contributed by atoms with E-state index in [0.29, 0.717) is 11.5 Å². The molecule has 1 aromatic rings. The number of nitrogens with one attached hydrogen (secondary N) is 1. The predicted molar refractivity (Wildman–Crippen MR) is 79.5 cm³/mol. The lowest BCUT2D eigenvalue weighted by Gasteiger charge is -2.46. The number of hydrogen-bond donors (Lipinski definition) is 1. The fraction of sp³-hybridized carbons (Fsp3) is 0.750. The minimum Gasteiger partial charge on any atom is -0.367 e. The molecule has 1 aliphatic heterocycles. The molecule has 0 unspecified atom stereocenters. The maximum atomic E-state index is 4.26. The first-order chi connectivity index (χ1) is 9.81. The molecule has 4 nitrogen and oxygen atoms in total. The van der Waals surface area contributed by atoms with Crippen LogP contribution in [0.2, 0.25) is 0 Å². The second-order valence-corrected chi connectivity index (χ2v) is 7.13. The number of rotatable bonds is 4. The van der Waals surface area contributed by atoms with Crippen LogP contribution >= 0.6 is 0 Å². The van der Waals surface area contributed by atoms with Gasteiger partial charge in [0.2, 0.25) is 0 Å². The molecule has 4 rings (SSSR count). The zero-order chi connectivity index (χ0) is 13.4. The maximum Gasteiger partial charge on any atom is 0.129 e. The van der Waals surface area contributed by atoms with Crippen LogP contribution in [-0.4, -0.2) is 40.5 Å². The highest BCUT2D eigenvalue weighted by atomic mass is 15.2. The zero-order valence-corrected chi connectivity index (χ0v) is 12.1. The van der Waals surface area contributed by atoms with Crippen LogP contribution in [0, 0.1) is 11.3 Å². The highest BCUT2D eigenvalue weighted by molar-refractivity contribution is 5.34. The molecular weight excluding hydrogens is 248 g/mol. The summed E-state index contributed by atoms with van der Waals surface area (Å²) < 4.78 is 0. The van der Waals surface area contributed by atoms with E-state index >= 15 is 0 Å². The van der Waals surface area contributed by atoms with Crippen molar-refractivity contribution >= 4 is 5.82 Å². The Morgan fingerprint density at radius 3 is 2.95 bits per heavy atom. The normalized spacial score (nSPS) is 33.9. The van der Waals surface area contributed by atoms with Gasteiger partial charge in [0.1, 0.15) is 12.1 Å². The summed E-state index contributed by atoms with van der Waals surface area (Å²) in [7, 11) is 0. The van der Waals surface area contributed by atoms with Gasteiger partial charge in [-0.15, -0.1) is 0 Å². The second-order valence-electron chi connectivity index (χ2n) is 7.13. The van der Waals surface area contributed by atoms with Gasteiger partial charge in [0.25, 0.3) is 0 Å². The van der Waals surface area contributed by atoms with Crippen molar-refractivity contribution in [2.45, 2.75) is 44.6 Å². The molecule has 4 heteroatoms. The van der Waals surface area contributed by atoms with Crippen molar-refractivity contribution in [3.63, 3.8) is 0 Å². The fourth-order valence-corrected chi connectivity index (χ4v) is 4.23. The molecule has 108 valence electrons. The first-order valence-electron chi connectivity index (χ1n) is 8.06.